The summed E-state index contributed by atoms with van der Waals surface area (Å²) in [5, 5.41) is 9.61. The van der Waals surface area contributed by atoms with Crippen LogP contribution in [0, 0.1) is 0 Å². The second-order valence-electron chi connectivity index (χ2n) is 5.87. The maximum Gasteiger partial charge on any atom is 0.244 e. The Morgan fingerprint density at radius 1 is 0.846 bits per heavy atom. The summed E-state index contributed by atoms with van der Waals surface area (Å²) in [6.07, 6.45) is 2.05. The number of hydrogen-bond acceptors (Lipinski definition) is 3. The molecule has 2 aromatic carbocycles. The van der Waals surface area contributed by atoms with Gasteiger partial charge in [-0.3, -0.25) is 14.3 Å². The van der Waals surface area contributed by atoms with Crippen molar-refractivity contribution in [2.24, 2.45) is 0 Å². The highest BCUT2D eigenvalue weighted by Gasteiger charge is 2.08. The Labute approximate surface area is 151 Å². The summed E-state index contributed by atoms with van der Waals surface area (Å²) in [5.74, 6) is -0.0411. The van der Waals surface area contributed by atoms with Crippen LogP contribution in [0.25, 0.3) is 0 Å². The van der Waals surface area contributed by atoms with Crippen LogP contribution < -0.4 is 10.6 Å². The Morgan fingerprint density at radius 2 is 1.50 bits per heavy atom. The van der Waals surface area contributed by atoms with Gasteiger partial charge in [-0.05, 0) is 11.1 Å². The van der Waals surface area contributed by atoms with E-state index in [1.807, 2.05) is 60.7 Å². The van der Waals surface area contributed by atoms with Crippen molar-refractivity contribution < 1.29 is 9.59 Å². The van der Waals surface area contributed by atoms with Gasteiger partial charge in [0.05, 0.1) is 19.5 Å². The molecule has 0 saturated heterocycles. The lowest BCUT2D eigenvalue weighted by Gasteiger charge is -2.05. The van der Waals surface area contributed by atoms with Crippen LogP contribution in [0.4, 0.5) is 5.82 Å². The zero-order valence-electron chi connectivity index (χ0n) is 14.3. The molecule has 132 valence electrons. The van der Waals surface area contributed by atoms with Crippen LogP contribution in [0.2, 0.25) is 0 Å². The third-order valence-electron chi connectivity index (χ3n) is 3.75. The molecule has 0 aliphatic carbocycles. The summed E-state index contributed by atoms with van der Waals surface area (Å²) in [7, 11) is 0. The number of carbonyl (C=O) groups is 2. The molecule has 0 atom stereocenters. The molecule has 0 radical (unpaired) electrons. The molecule has 26 heavy (non-hydrogen) atoms. The van der Waals surface area contributed by atoms with Crippen LogP contribution in [-0.4, -0.2) is 28.1 Å². The first-order valence-electron chi connectivity index (χ1n) is 8.37. The second kappa shape index (κ2) is 8.62. The van der Waals surface area contributed by atoms with Gasteiger partial charge in [-0.25, -0.2) is 0 Å². The van der Waals surface area contributed by atoms with Crippen LogP contribution in [0.3, 0.4) is 0 Å². The van der Waals surface area contributed by atoms with Crippen molar-refractivity contribution >= 4 is 17.6 Å². The van der Waals surface area contributed by atoms with E-state index >= 15 is 0 Å². The molecule has 2 N–H and O–H groups in total. The van der Waals surface area contributed by atoms with E-state index in [9.17, 15) is 9.59 Å². The van der Waals surface area contributed by atoms with Crippen molar-refractivity contribution in [2.75, 3.05) is 11.9 Å². The fourth-order valence-corrected chi connectivity index (χ4v) is 2.50. The summed E-state index contributed by atoms with van der Waals surface area (Å²) < 4.78 is 1.75. The molecule has 0 aliphatic rings. The molecular formula is C20H20N4O2. The van der Waals surface area contributed by atoms with Gasteiger partial charge in [-0.1, -0.05) is 60.7 Å². The van der Waals surface area contributed by atoms with Gasteiger partial charge < -0.3 is 10.6 Å². The maximum atomic E-state index is 12.0. The molecule has 0 aliphatic heterocycles. The van der Waals surface area contributed by atoms with Gasteiger partial charge in [0.15, 0.2) is 5.82 Å². The van der Waals surface area contributed by atoms with Crippen LogP contribution in [-0.2, 0) is 22.6 Å². The van der Waals surface area contributed by atoms with Crippen molar-refractivity contribution in [3.8, 4) is 0 Å². The first kappa shape index (κ1) is 17.4. The average Bonchev–Trinajstić information content (AvgIpc) is 3.08. The smallest absolute Gasteiger partial charge is 0.244 e. The van der Waals surface area contributed by atoms with E-state index in [1.54, 1.807) is 16.9 Å². The van der Waals surface area contributed by atoms with E-state index < -0.39 is 0 Å². The fourth-order valence-electron chi connectivity index (χ4n) is 2.50. The minimum Gasteiger partial charge on any atom is -0.347 e. The Kier molecular flexibility index (Phi) is 5.77. The molecular weight excluding hydrogens is 328 g/mol. The molecule has 3 aromatic rings. The highest BCUT2D eigenvalue weighted by atomic mass is 16.2. The monoisotopic (exact) mass is 348 g/mol. The molecule has 6 nitrogen and oxygen atoms in total. The number of amides is 2. The molecule has 1 heterocycles. The first-order chi connectivity index (χ1) is 12.7. The largest absolute Gasteiger partial charge is 0.347 e. The quantitative estimate of drug-likeness (QED) is 0.687. The molecule has 3 rings (SSSR count). The predicted molar refractivity (Wildman–Crippen MR) is 99.6 cm³/mol. The normalized spacial score (nSPS) is 10.3. The van der Waals surface area contributed by atoms with E-state index in [0.29, 0.717) is 12.4 Å². The van der Waals surface area contributed by atoms with Crippen LogP contribution in [0.15, 0.2) is 72.9 Å². The Bertz CT molecular complexity index is 860. The number of nitrogens with zero attached hydrogens (tertiary/aromatic N) is 2. The molecule has 6 heteroatoms. The number of rotatable bonds is 7. The summed E-state index contributed by atoms with van der Waals surface area (Å²) in [6.45, 7) is 0.543. The summed E-state index contributed by atoms with van der Waals surface area (Å²) >= 11 is 0. The van der Waals surface area contributed by atoms with E-state index in [0.717, 1.165) is 11.1 Å². The topological polar surface area (TPSA) is 76.0 Å². The van der Waals surface area contributed by atoms with Gasteiger partial charge in [0.25, 0.3) is 0 Å². The Balaban J connectivity index is 1.44. The number of carbonyl (C=O) groups excluding carboxylic acids is 2. The maximum absolute atomic E-state index is 12.0. The molecule has 0 bridgehead atoms. The van der Waals surface area contributed by atoms with Crippen molar-refractivity contribution in [1.29, 1.82) is 0 Å². The Hall–Kier alpha value is -3.41. The van der Waals surface area contributed by atoms with E-state index in [1.165, 1.54) is 0 Å². The average molecular weight is 348 g/mol. The lowest BCUT2D eigenvalue weighted by molar-refractivity contribution is -0.123. The third kappa shape index (κ3) is 5.31. The third-order valence-corrected chi connectivity index (χ3v) is 3.75. The van der Waals surface area contributed by atoms with Crippen molar-refractivity contribution in [1.82, 2.24) is 15.1 Å². The molecule has 0 spiro atoms. The number of benzene rings is 2. The van der Waals surface area contributed by atoms with Gasteiger partial charge in [-0.15, -0.1) is 0 Å². The Morgan fingerprint density at radius 3 is 2.19 bits per heavy atom. The SMILES string of the molecule is O=C(Cc1ccccc1)NCC(=O)Nc1ccn(Cc2ccccc2)n1. The van der Waals surface area contributed by atoms with Crippen LogP contribution in [0.1, 0.15) is 11.1 Å². The number of nitrogens with one attached hydrogen (secondary N) is 2. The van der Waals surface area contributed by atoms with E-state index in [-0.39, 0.29) is 24.8 Å². The highest BCUT2D eigenvalue weighted by molar-refractivity contribution is 5.94. The van der Waals surface area contributed by atoms with Crippen molar-refractivity contribution in [3.05, 3.63) is 84.1 Å². The minimum atomic E-state index is -0.309. The lowest BCUT2D eigenvalue weighted by atomic mass is 10.1. The molecule has 0 saturated carbocycles. The molecule has 2 amide bonds. The summed E-state index contributed by atoms with van der Waals surface area (Å²) in [5.41, 5.74) is 2.03. The van der Waals surface area contributed by atoms with Crippen LogP contribution >= 0.6 is 0 Å². The highest BCUT2D eigenvalue weighted by Crippen LogP contribution is 2.06. The van der Waals surface area contributed by atoms with Gasteiger partial charge in [0.1, 0.15) is 0 Å². The van der Waals surface area contributed by atoms with Gasteiger partial charge >= 0.3 is 0 Å². The van der Waals surface area contributed by atoms with Crippen molar-refractivity contribution in [2.45, 2.75) is 13.0 Å². The van der Waals surface area contributed by atoms with Crippen molar-refractivity contribution in [3.63, 3.8) is 0 Å². The number of hydrogen-bond donors (Lipinski definition) is 2. The standard InChI is InChI=1S/C20H20N4O2/c25-19(13-16-7-3-1-4-8-16)21-14-20(26)22-18-11-12-24(23-18)15-17-9-5-2-6-10-17/h1-12H,13-15H2,(H,21,25)(H,22,23,26). The lowest BCUT2D eigenvalue weighted by Crippen LogP contribution is -2.33. The zero-order chi connectivity index (χ0) is 18.2. The number of aromatic nitrogens is 2. The minimum absolute atomic E-state index is 0.0861. The first-order valence-corrected chi connectivity index (χ1v) is 8.37. The molecule has 0 fully saturated rings. The van der Waals surface area contributed by atoms with E-state index in [2.05, 4.69) is 15.7 Å². The summed E-state index contributed by atoms with van der Waals surface area (Å²) in [4.78, 5) is 23.8. The molecule has 0 unspecified atom stereocenters. The van der Waals surface area contributed by atoms with Gasteiger partial charge in [0.2, 0.25) is 11.8 Å². The predicted octanol–water partition coefficient (Wildman–Crippen LogP) is 2.23. The molecule has 1 aromatic heterocycles. The van der Waals surface area contributed by atoms with Crippen LogP contribution in [0.5, 0.6) is 0 Å². The number of anilines is 1. The second-order valence-corrected chi connectivity index (χ2v) is 5.87. The summed E-state index contributed by atoms with van der Waals surface area (Å²) in [6, 6.07) is 21.1. The zero-order valence-corrected chi connectivity index (χ0v) is 14.3. The van der Waals surface area contributed by atoms with E-state index in [4.69, 9.17) is 0 Å². The fraction of sp³-hybridized carbons (Fsp3) is 0.150. The van der Waals surface area contributed by atoms with Gasteiger partial charge in [0, 0.05) is 12.3 Å². The van der Waals surface area contributed by atoms with Gasteiger partial charge in [-0.2, -0.15) is 5.10 Å².